The van der Waals surface area contributed by atoms with Crippen LogP contribution in [0, 0.1) is 0 Å². The molecule has 2 unspecified atom stereocenters. The molecule has 0 aromatic carbocycles. The lowest BCUT2D eigenvalue weighted by Crippen LogP contribution is -2.47. The first-order chi connectivity index (χ1) is 8.31. The fraction of sp³-hybridized carbons (Fsp3) is 1.00. The fourth-order valence-corrected chi connectivity index (χ4v) is 1.85. The summed E-state index contributed by atoms with van der Waals surface area (Å²) < 4.78 is 41.1. The maximum atomic E-state index is 12.0. The summed E-state index contributed by atoms with van der Waals surface area (Å²) in [5.74, 6) is 0. The molecule has 1 N–H and O–H groups in total. The van der Waals surface area contributed by atoms with E-state index in [0.29, 0.717) is 19.2 Å². The van der Waals surface area contributed by atoms with Gasteiger partial charge in [-0.25, -0.2) is 0 Å². The van der Waals surface area contributed by atoms with Crippen LogP contribution in [-0.2, 0) is 4.74 Å². The second kappa shape index (κ2) is 8.72. The van der Waals surface area contributed by atoms with Crippen LogP contribution in [0.4, 0.5) is 13.2 Å². The molecule has 0 aliphatic rings. The van der Waals surface area contributed by atoms with Crippen molar-refractivity contribution in [2.75, 3.05) is 33.4 Å². The third-order valence-corrected chi connectivity index (χ3v) is 3.04. The monoisotopic (exact) mass is 270 g/mol. The molecule has 0 radical (unpaired) electrons. The molecule has 110 valence electrons. The van der Waals surface area contributed by atoms with Gasteiger partial charge in [-0.2, -0.15) is 13.2 Å². The van der Waals surface area contributed by atoms with Gasteiger partial charge in [-0.15, -0.1) is 0 Å². The Balaban J connectivity index is 4.15. The lowest BCUT2D eigenvalue weighted by Gasteiger charge is -2.34. The zero-order valence-electron chi connectivity index (χ0n) is 11.7. The Labute approximate surface area is 108 Å². The molecule has 0 fully saturated rings. The molecule has 0 aliphatic heterocycles. The van der Waals surface area contributed by atoms with Gasteiger partial charge >= 0.3 is 6.18 Å². The third kappa shape index (κ3) is 7.89. The number of nitrogens with one attached hydrogen (secondary N) is 1. The smallest absolute Gasteiger partial charge is 0.383 e. The minimum Gasteiger partial charge on any atom is -0.383 e. The van der Waals surface area contributed by atoms with Crippen molar-refractivity contribution in [1.29, 1.82) is 0 Å². The highest BCUT2D eigenvalue weighted by molar-refractivity contribution is 4.75. The minimum absolute atomic E-state index is 0.0532. The molecule has 0 heterocycles. The highest BCUT2D eigenvalue weighted by Gasteiger charge is 2.27. The van der Waals surface area contributed by atoms with E-state index in [9.17, 15) is 13.2 Å². The summed E-state index contributed by atoms with van der Waals surface area (Å²) in [7, 11) is 1.63. The van der Waals surface area contributed by atoms with E-state index in [-0.39, 0.29) is 6.04 Å². The fourth-order valence-electron chi connectivity index (χ4n) is 1.85. The minimum atomic E-state index is -4.15. The van der Waals surface area contributed by atoms with Crippen molar-refractivity contribution >= 4 is 0 Å². The van der Waals surface area contributed by atoms with Crippen molar-refractivity contribution in [2.24, 2.45) is 0 Å². The molecule has 0 aliphatic carbocycles. The van der Waals surface area contributed by atoms with Crippen LogP contribution < -0.4 is 5.32 Å². The number of halogens is 3. The van der Waals surface area contributed by atoms with E-state index in [4.69, 9.17) is 4.74 Å². The highest BCUT2D eigenvalue weighted by Crippen LogP contribution is 2.13. The number of alkyl halides is 3. The van der Waals surface area contributed by atoms with E-state index in [1.807, 2.05) is 6.92 Å². The summed E-state index contributed by atoms with van der Waals surface area (Å²) in [6.45, 7) is 6.80. The van der Waals surface area contributed by atoms with Gasteiger partial charge in [0.2, 0.25) is 0 Å². The van der Waals surface area contributed by atoms with E-state index in [1.165, 1.54) is 0 Å². The van der Waals surface area contributed by atoms with Crippen LogP contribution in [0.2, 0.25) is 0 Å². The third-order valence-electron chi connectivity index (χ3n) is 3.04. The van der Waals surface area contributed by atoms with Crippen molar-refractivity contribution in [3.63, 3.8) is 0 Å². The molecule has 6 heteroatoms. The molecule has 3 nitrogen and oxygen atoms in total. The number of hydrogen-bond acceptors (Lipinski definition) is 3. The van der Waals surface area contributed by atoms with Gasteiger partial charge in [0, 0.05) is 32.3 Å². The first-order valence-corrected chi connectivity index (χ1v) is 6.34. The van der Waals surface area contributed by atoms with Gasteiger partial charge in [0.1, 0.15) is 0 Å². The predicted molar refractivity (Wildman–Crippen MR) is 66.7 cm³/mol. The van der Waals surface area contributed by atoms with Gasteiger partial charge in [0.15, 0.2) is 0 Å². The summed E-state index contributed by atoms with van der Waals surface area (Å²) in [6.07, 6.45) is -3.18. The van der Waals surface area contributed by atoms with Crippen LogP contribution in [-0.4, -0.2) is 56.5 Å². The molecule has 0 saturated heterocycles. The van der Waals surface area contributed by atoms with Crippen molar-refractivity contribution in [2.45, 2.75) is 45.5 Å². The molecule has 0 spiro atoms. The Morgan fingerprint density at radius 1 is 1.22 bits per heavy atom. The molecule has 0 saturated carbocycles. The Bertz CT molecular complexity index is 212. The largest absolute Gasteiger partial charge is 0.401 e. The second-order valence-corrected chi connectivity index (χ2v) is 4.58. The van der Waals surface area contributed by atoms with Gasteiger partial charge in [0.05, 0.1) is 13.2 Å². The van der Waals surface area contributed by atoms with Crippen LogP contribution >= 0.6 is 0 Å². The maximum Gasteiger partial charge on any atom is 0.401 e. The molecular weight excluding hydrogens is 245 g/mol. The van der Waals surface area contributed by atoms with Crippen LogP contribution in [0.5, 0.6) is 0 Å². The second-order valence-electron chi connectivity index (χ2n) is 4.58. The zero-order valence-corrected chi connectivity index (χ0v) is 11.7. The van der Waals surface area contributed by atoms with E-state index < -0.39 is 12.7 Å². The normalized spacial score (nSPS) is 16.0. The Hall–Kier alpha value is -0.330. The number of ether oxygens (including phenoxy) is 1. The van der Waals surface area contributed by atoms with Crippen LogP contribution in [0.1, 0.15) is 27.2 Å². The summed E-state index contributed by atoms with van der Waals surface area (Å²) in [6, 6.07) is 0.389. The van der Waals surface area contributed by atoms with Gasteiger partial charge < -0.3 is 10.1 Å². The van der Waals surface area contributed by atoms with Crippen LogP contribution in [0.3, 0.4) is 0 Å². The topological polar surface area (TPSA) is 24.5 Å². The molecule has 0 rings (SSSR count). The molecule has 0 amide bonds. The molecule has 2 atom stereocenters. The average Bonchev–Trinajstić information content (AvgIpc) is 2.27. The summed E-state index contributed by atoms with van der Waals surface area (Å²) >= 11 is 0. The summed E-state index contributed by atoms with van der Waals surface area (Å²) in [5.41, 5.74) is 0. The molecule has 18 heavy (non-hydrogen) atoms. The summed E-state index contributed by atoms with van der Waals surface area (Å²) in [4.78, 5) is 2.17. The molecule has 0 bridgehead atoms. The lowest BCUT2D eigenvalue weighted by atomic mass is 10.1. The van der Waals surface area contributed by atoms with E-state index in [2.05, 4.69) is 24.1 Å². The van der Waals surface area contributed by atoms with E-state index in [0.717, 1.165) is 13.0 Å². The quantitative estimate of drug-likeness (QED) is 0.695. The van der Waals surface area contributed by atoms with Gasteiger partial charge in [0.25, 0.3) is 0 Å². The average molecular weight is 270 g/mol. The Morgan fingerprint density at radius 2 is 1.83 bits per heavy atom. The number of methoxy groups -OCH3 is 1. The van der Waals surface area contributed by atoms with Crippen molar-refractivity contribution < 1.29 is 17.9 Å². The standard InChI is InChI=1S/C12H25F3N2O/c1-5-10(2)17(6-7-18-4)11(3)8-16-9-12(13,14)15/h10-11,16H,5-9H2,1-4H3. The first kappa shape index (κ1) is 17.7. The first-order valence-electron chi connectivity index (χ1n) is 6.34. The van der Waals surface area contributed by atoms with Crippen LogP contribution in [0.25, 0.3) is 0 Å². The molecule has 0 aromatic rings. The van der Waals surface area contributed by atoms with Gasteiger partial charge in [-0.1, -0.05) is 6.92 Å². The summed E-state index contributed by atoms with van der Waals surface area (Å²) in [5, 5.41) is 2.45. The van der Waals surface area contributed by atoms with Crippen molar-refractivity contribution in [1.82, 2.24) is 10.2 Å². The Kier molecular flexibility index (Phi) is 8.56. The SMILES string of the molecule is CCC(C)N(CCOC)C(C)CNCC(F)(F)F. The number of hydrogen-bond donors (Lipinski definition) is 1. The van der Waals surface area contributed by atoms with Crippen molar-refractivity contribution in [3.8, 4) is 0 Å². The predicted octanol–water partition coefficient (Wildman–Crippen LogP) is 2.27. The van der Waals surface area contributed by atoms with Crippen molar-refractivity contribution in [3.05, 3.63) is 0 Å². The van der Waals surface area contributed by atoms with E-state index in [1.54, 1.807) is 7.11 Å². The zero-order chi connectivity index (χ0) is 14.2. The highest BCUT2D eigenvalue weighted by atomic mass is 19.4. The molecule has 0 aromatic heterocycles. The van der Waals surface area contributed by atoms with Crippen LogP contribution in [0.15, 0.2) is 0 Å². The van der Waals surface area contributed by atoms with Gasteiger partial charge in [-0.3, -0.25) is 4.90 Å². The number of nitrogens with zero attached hydrogens (tertiary/aromatic N) is 1. The van der Waals surface area contributed by atoms with Gasteiger partial charge in [-0.05, 0) is 20.3 Å². The van der Waals surface area contributed by atoms with E-state index >= 15 is 0 Å². The number of rotatable bonds is 9. The molecular formula is C12H25F3N2O. The Morgan fingerprint density at radius 3 is 2.28 bits per heavy atom. The maximum absolute atomic E-state index is 12.0. The lowest BCUT2D eigenvalue weighted by molar-refractivity contribution is -0.125.